The molecule has 0 aliphatic heterocycles. The van der Waals surface area contributed by atoms with Crippen molar-refractivity contribution in [2.45, 2.75) is 32.3 Å². The van der Waals surface area contributed by atoms with Gasteiger partial charge in [-0.2, -0.15) is 0 Å². The predicted molar refractivity (Wildman–Crippen MR) is 61.7 cm³/mol. The molecule has 1 atom stereocenters. The van der Waals surface area contributed by atoms with Crippen molar-refractivity contribution in [3.05, 3.63) is 35.4 Å². The smallest absolute Gasteiger partial charge is 0.126 e. The summed E-state index contributed by atoms with van der Waals surface area (Å²) in [5.41, 5.74) is 0.251. The van der Waals surface area contributed by atoms with Crippen LogP contribution in [0.15, 0.2) is 18.2 Å². The Morgan fingerprint density at radius 3 is 2.41 bits per heavy atom. The Bertz CT molecular complexity index is 322. The summed E-state index contributed by atoms with van der Waals surface area (Å²) < 4.78 is 31.1. The molecule has 0 saturated heterocycles. The molecule has 17 heavy (non-hydrogen) atoms. The van der Waals surface area contributed by atoms with Crippen LogP contribution in [0.3, 0.4) is 0 Å². The standard InChI is InChI=1S/C13H18F2O2/c1-2-3-5-17-6-4-13(16)10-7-11(14)9-12(15)8-10/h7-9,13,16H,2-6H2,1H3. The maximum atomic E-state index is 12.9. The quantitative estimate of drug-likeness (QED) is 0.746. The fourth-order valence-electron chi connectivity index (χ4n) is 1.48. The van der Waals surface area contributed by atoms with E-state index in [9.17, 15) is 13.9 Å². The lowest BCUT2D eigenvalue weighted by atomic mass is 10.1. The van der Waals surface area contributed by atoms with Gasteiger partial charge in [-0.3, -0.25) is 0 Å². The number of rotatable bonds is 7. The number of hydrogen-bond donors (Lipinski definition) is 1. The van der Waals surface area contributed by atoms with Crippen molar-refractivity contribution in [2.24, 2.45) is 0 Å². The third-order valence-electron chi connectivity index (χ3n) is 2.45. The number of hydrogen-bond acceptors (Lipinski definition) is 2. The van der Waals surface area contributed by atoms with Gasteiger partial charge in [-0.1, -0.05) is 13.3 Å². The molecule has 0 aliphatic carbocycles. The minimum atomic E-state index is -0.887. The molecule has 2 nitrogen and oxygen atoms in total. The molecule has 0 aliphatic rings. The Balaban J connectivity index is 2.38. The zero-order valence-electron chi connectivity index (χ0n) is 9.96. The van der Waals surface area contributed by atoms with Crippen LogP contribution in [0, 0.1) is 11.6 Å². The van der Waals surface area contributed by atoms with Gasteiger partial charge in [0.25, 0.3) is 0 Å². The van der Waals surface area contributed by atoms with Gasteiger partial charge in [0.05, 0.1) is 6.10 Å². The third kappa shape index (κ3) is 5.24. The van der Waals surface area contributed by atoms with Crippen LogP contribution in [0.2, 0.25) is 0 Å². The van der Waals surface area contributed by atoms with E-state index in [1.165, 1.54) is 0 Å². The Hall–Kier alpha value is -1.00. The van der Waals surface area contributed by atoms with Crippen LogP contribution in [0.1, 0.15) is 37.9 Å². The highest BCUT2D eigenvalue weighted by Crippen LogP contribution is 2.19. The van der Waals surface area contributed by atoms with E-state index >= 15 is 0 Å². The normalized spacial score (nSPS) is 12.7. The molecule has 0 fully saturated rings. The number of aliphatic hydroxyl groups excluding tert-OH is 1. The molecule has 0 saturated carbocycles. The van der Waals surface area contributed by atoms with Crippen molar-refractivity contribution in [3.8, 4) is 0 Å². The highest BCUT2D eigenvalue weighted by molar-refractivity contribution is 5.20. The molecule has 0 spiro atoms. The van der Waals surface area contributed by atoms with Crippen molar-refractivity contribution in [1.29, 1.82) is 0 Å². The van der Waals surface area contributed by atoms with E-state index in [-0.39, 0.29) is 5.56 Å². The largest absolute Gasteiger partial charge is 0.388 e. The first-order chi connectivity index (χ1) is 8.13. The first-order valence-electron chi connectivity index (χ1n) is 5.85. The first-order valence-corrected chi connectivity index (χ1v) is 5.85. The van der Waals surface area contributed by atoms with Crippen LogP contribution in [-0.4, -0.2) is 18.3 Å². The maximum absolute atomic E-state index is 12.9. The zero-order chi connectivity index (χ0) is 12.7. The second-order valence-electron chi connectivity index (χ2n) is 3.97. The summed E-state index contributed by atoms with van der Waals surface area (Å²) in [5, 5.41) is 9.71. The van der Waals surface area contributed by atoms with Gasteiger partial charge in [0.1, 0.15) is 11.6 Å². The van der Waals surface area contributed by atoms with Crippen LogP contribution >= 0.6 is 0 Å². The van der Waals surface area contributed by atoms with E-state index < -0.39 is 17.7 Å². The minimum Gasteiger partial charge on any atom is -0.388 e. The number of unbranched alkanes of at least 4 members (excludes halogenated alkanes) is 1. The van der Waals surface area contributed by atoms with Gasteiger partial charge < -0.3 is 9.84 Å². The average Bonchev–Trinajstić information content (AvgIpc) is 2.27. The second kappa shape index (κ2) is 7.35. The summed E-state index contributed by atoms with van der Waals surface area (Å²) in [4.78, 5) is 0. The molecule has 0 aromatic heterocycles. The molecule has 4 heteroatoms. The fourth-order valence-corrected chi connectivity index (χ4v) is 1.48. The summed E-state index contributed by atoms with van der Waals surface area (Å²) in [7, 11) is 0. The van der Waals surface area contributed by atoms with Crippen molar-refractivity contribution in [2.75, 3.05) is 13.2 Å². The molecule has 0 heterocycles. The Morgan fingerprint density at radius 2 is 1.82 bits per heavy atom. The van der Waals surface area contributed by atoms with Gasteiger partial charge in [-0.15, -0.1) is 0 Å². The molecule has 1 N–H and O–H groups in total. The van der Waals surface area contributed by atoms with Crippen LogP contribution in [-0.2, 0) is 4.74 Å². The second-order valence-corrected chi connectivity index (χ2v) is 3.97. The number of benzene rings is 1. The van der Waals surface area contributed by atoms with Crippen LogP contribution < -0.4 is 0 Å². The zero-order valence-corrected chi connectivity index (χ0v) is 9.96. The third-order valence-corrected chi connectivity index (χ3v) is 2.45. The van der Waals surface area contributed by atoms with Crippen LogP contribution in [0.25, 0.3) is 0 Å². The van der Waals surface area contributed by atoms with Gasteiger partial charge in [0.15, 0.2) is 0 Å². The van der Waals surface area contributed by atoms with Gasteiger partial charge in [-0.05, 0) is 24.1 Å². The summed E-state index contributed by atoms with van der Waals surface area (Å²) in [5.74, 6) is -1.35. The van der Waals surface area contributed by atoms with E-state index in [1.54, 1.807) is 0 Å². The Morgan fingerprint density at radius 1 is 1.18 bits per heavy atom. The molecule has 0 radical (unpaired) electrons. The highest BCUT2D eigenvalue weighted by Gasteiger charge is 2.10. The van der Waals surface area contributed by atoms with E-state index in [1.807, 2.05) is 0 Å². The Kier molecular flexibility index (Phi) is 6.08. The lowest BCUT2D eigenvalue weighted by molar-refractivity contribution is 0.0802. The molecule has 96 valence electrons. The SMILES string of the molecule is CCCCOCCC(O)c1cc(F)cc(F)c1. The van der Waals surface area contributed by atoms with Gasteiger partial charge in [0.2, 0.25) is 0 Å². The van der Waals surface area contributed by atoms with Gasteiger partial charge in [0, 0.05) is 25.7 Å². The number of ether oxygens (including phenoxy) is 1. The monoisotopic (exact) mass is 244 g/mol. The number of aliphatic hydroxyl groups is 1. The van der Waals surface area contributed by atoms with Crippen molar-refractivity contribution < 1.29 is 18.6 Å². The minimum absolute atomic E-state index is 0.251. The molecule has 1 rings (SSSR count). The van der Waals surface area contributed by atoms with Crippen LogP contribution in [0.5, 0.6) is 0 Å². The summed E-state index contributed by atoms with van der Waals surface area (Å²) in [6, 6.07) is 3.06. The fraction of sp³-hybridized carbons (Fsp3) is 0.538. The number of halogens is 2. The Labute approximate surface area is 100 Å². The summed E-state index contributed by atoms with van der Waals surface area (Å²) in [6.45, 7) is 3.10. The highest BCUT2D eigenvalue weighted by atomic mass is 19.1. The molecular formula is C13H18F2O2. The van der Waals surface area contributed by atoms with Crippen LogP contribution in [0.4, 0.5) is 8.78 Å². The lowest BCUT2D eigenvalue weighted by Gasteiger charge is -2.11. The first kappa shape index (κ1) is 14.1. The molecule has 0 amide bonds. The van der Waals surface area contributed by atoms with Crippen molar-refractivity contribution >= 4 is 0 Å². The molecule has 1 aromatic carbocycles. The predicted octanol–water partition coefficient (Wildman–Crippen LogP) is 3.21. The van der Waals surface area contributed by atoms with E-state index in [2.05, 4.69) is 6.92 Å². The lowest BCUT2D eigenvalue weighted by Crippen LogP contribution is -2.05. The van der Waals surface area contributed by atoms with Gasteiger partial charge in [-0.25, -0.2) is 8.78 Å². The topological polar surface area (TPSA) is 29.5 Å². The van der Waals surface area contributed by atoms with E-state index in [0.717, 1.165) is 31.0 Å². The van der Waals surface area contributed by atoms with Crippen molar-refractivity contribution in [1.82, 2.24) is 0 Å². The average molecular weight is 244 g/mol. The molecular weight excluding hydrogens is 226 g/mol. The summed E-state index contributed by atoms with van der Waals surface area (Å²) in [6.07, 6.45) is 1.48. The van der Waals surface area contributed by atoms with E-state index in [4.69, 9.17) is 4.74 Å². The molecule has 1 unspecified atom stereocenters. The van der Waals surface area contributed by atoms with E-state index in [0.29, 0.717) is 19.6 Å². The van der Waals surface area contributed by atoms with Crippen molar-refractivity contribution in [3.63, 3.8) is 0 Å². The molecule has 1 aromatic rings. The summed E-state index contributed by atoms with van der Waals surface area (Å²) >= 11 is 0. The molecule has 0 bridgehead atoms. The maximum Gasteiger partial charge on any atom is 0.126 e. The van der Waals surface area contributed by atoms with Gasteiger partial charge >= 0.3 is 0 Å².